The maximum absolute atomic E-state index is 13.8. The summed E-state index contributed by atoms with van der Waals surface area (Å²) in [4.78, 5) is 27.9. The summed E-state index contributed by atoms with van der Waals surface area (Å²) in [7, 11) is -4.27. The van der Waals surface area contributed by atoms with Crippen molar-refractivity contribution in [1.82, 2.24) is 10.2 Å². The Balaban J connectivity index is 2.06. The zero-order chi connectivity index (χ0) is 28.0. The number of halogens is 3. The van der Waals surface area contributed by atoms with Gasteiger partial charge in [-0.25, -0.2) is 12.8 Å². The van der Waals surface area contributed by atoms with Crippen molar-refractivity contribution in [2.45, 2.75) is 44.3 Å². The van der Waals surface area contributed by atoms with Gasteiger partial charge in [-0.15, -0.1) is 0 Å². The summed E-state index contributed by atoms with van der Waals surface area (Å²) in [5.74, 6) is -1.54. The van der Waals surface area contributed by atoms with Crippen LogP contribution in [-0.2, 0) is 26.2 Å². The predicted octanol–water partition coefficient (Wildman–Crippen LogP) is 5.27. The lowest BCUT2D eigenvalue weighted by molar-refractivity contribution is -0.139. The molecule has 3 aromatic carbocycles. The van der Waals surface area contributed by atoms with Gasteiger partial charge in [0.15, 0.2) is 0 Å². The third-order valence-corrected chi connectivity index (χ3v) is 7.98. The van der Waals surface area contributed by atoms with Gasteiger partial charge in [0.2, 0.25) is 11.8 Å². The molecule has 0 spiro atoms. The van der Waals surface area contributed by atoms with Crippen LogP contribution in [0.25, 0.3) is 0 Å². The average molecular weight is 581 g/mol. The van der Waals surface area contributed by atoms with E-state index in [1.54, 1.807) is 39.0 Å². The van der Waals surface area contributed by atoms with Crippen LogP contribution < -0.4 is 9.62 Å². The molecule has 0 radical (unpaired) electrons. The number of sulfonamides is 1. The van der Waals surface area contributed by atoms with Crippen molar-refractivity contribution < 1.29 is 22.4 Å². The largest absolute Gasteiger partial charge is 0.352 e. The highest BCUT2D eigenvalue weighted by Gasteiger charge is 2.33. The van der Waals surface area contributed by atoms with E-state index in [2.05, 4.69) is 5.32 Å². The molecule has 0 bridgehead atoms. The Hall–Kier alpha value is -3.14. The molecule has 0 saturated carbocycles. The Labute approximate surface area is 232 Å². The van der Waals surface area contributed by atoms with E-state index in [0.717, 1.165) is 4.31 Å². The summed E-state index contributed by atoms with van der Waals surface area (Å²) in [5.41, 5.74) is 0.569. The summed E-state index contributed by atoms with van der Waals surface area (Å²) >= 11 is 12.5. The van der Waals surface area contributed by atoms with E-state index >= 15 is 0 Å². The van der Waals surface area contributed by atoms with Gasteiger partial charge in [-0.3, -0.25) is 13.9 Å². The van der Waals surface area contributed by atoms with Gasteiger partial charge in [0.05, 0.1) is 15.6 Å². The monoisotopic (exact) mass is 579 g/mol. The maximum Gasteiger partial charge on any atom is 0.264 e. The molecule has 0 aromatic heterocycles. The molecule has 0 fully saturated rings. The highest BCUT2D eigenvalue weighted by atomic mass is 35.5. The smallest absolute Gasteiger partial charge is 0.264 e. The number of benzene rings is 3. The molecule has 0 heterocycles. The Morgan fingerprint density at radius 2 is 1.58 bits per heavy atom. The molecule has 2 amide bonds. The topological polar surface area (TPSA) is 86.8 Å². The van der Waals surface area contributed by atoms with Crippen LogP contribution in [0.4, 0.5) is 10.1 Å². The first kappa shape index (κ1) is 29.4. The average Bonchev–Trinajstić information content (AvgIpc) is 2.88. The minimum atomic E-state index is -4.27. The number of rotatable bonds is 10. The van der Waals surface area contributed by atoms with Crippen molar-refractivity contribution in [3.8, 4) is 0 Å². The second kappa shape index (κ2) is 12.6. The molecule has 3 rings (SSSR count). The number of carbonyl (C=O) groups excluding carboxylic acids is 2. The van der Waals surface area contributed by atoms with E-state index in [1.165, 1.54) is 59.5 Å². The molecule has 0 unspecified atom stereocenters. The third-order valence-electron chi connectivity index (χ3n) is 5.65. The first-order valence-electron chi connectivity index (χ1n) is 11.8. The molecule has 0 aliphatic rings. The fourth-order valence-corrected chi connectivity index (χ4v) is 5.57. The van der Waals surface area contributed by atoms with Crippen LogP contribution in [0.3, 0.4) is 0 Å². The first-order valence-corrected chi connectivity index (χ1v) is 14.0. The normalized spacial score (nSPS) is 12.2. The standard InChI is InChI=1S/C27H28Cl2FN3O4S/c1-18(2)31-27(35)19(3)32(16-20-9-12-22(30)13-10-20)26(34)17-33(25-15-21(28)11-14-24(25)29)38(36,37)23-7-5-4-6-8-23/h4-15,18-19H,16-17H2,1-3H3,(H,31,35)/t19-/m0/s1. The molecular formula is C27H28Cl2FN3O4S. The lowest BCUT2D eigenvalue weighted by Crippen LogP contribution is -2.52. The summed E-state index contributed by atoms with van der Waals surface area (Å²) in [6.45, 7) is 4.38. The molecule has 0 saturated heterocycles. The zero-order valence-corrected chi connectivity index (χ0v) is 23.4. The Bertz CT molecular complexity index is 1390. The quantitative estimate of drug-likeness (QED) is 0.354. The minimum absolute atomic E-state index is 0.0115. The van der Waals surface area contributed by atoms with Crippen molar-refractivity contribution in [3.05, 3.63) is 94.2 Å². The van der Waals surface area contributed by atoms with E-state index in [4.69, 9.17) is 23.2 Å². The zero-order valence-electron chi connectivity index (χ0n) is 21.1. The number of nitrogens with one attached hydrogen (secondary N) is 1. The lowest BCUT2D eigenvalue weighted by atomic mass is 10.1. The Morgan fingerprint density at radius 1 is 0.947 bits per heavy atom. The number of carbonyl (C=O) groups is 2. The highest BCUT2D eigenvalue weighted by Crippen LogP contribution is 2.33. The van der Waals surface area contributed by atoms with Gasteiger partial charge in [-0.2, -0.15) is 0 Å². The molecule has 38 heavy (non-hydrogen) atoms. The van der Waals surface area contributed by atoms with Crippen LogP contribution >= 0.6 is 23.2 Å². The van der Waals surface area contributed by atoms with Gasteiger partial charge < -0.3 is 10.2 Å². The summed E-state index contributed by atoms with van der Waals surface area (Å²) < 4.78 is 41.8. The molecular weight excluding hydrogens is 552 g/mol. The van der Waals surface area contributed by atoms with Gasteiger partial charge in [0.25, 0.3) is 10.0 Å². The second-order valence-corrected chi connectivity index (χ2v) is 11.6. The van der Waals surface area contributed by atoms with Crippen LogP contribution in [0.5, 0.6) is 0 Å². The highest BCUT2D eigenvalue weighted by molar-refractivity contribution is 7.92. The van der Waals surface area contributed by atoms with Crippen molar-refractivity contribution in [1.29, 1.82) is 0 Å². The van der Waals surface area contributed by atoms with Crippen LogP contribution in [0.2, 0.25) is 10.0 Å². The van der Waals surface area contributed by atoms with Crippen molar-refractivity contribution in [3.63, 3.8) is 0 Å². The molecule has 11 heteroatoms. The van der Waals surface area contributed by atoms with E-state index < -0.39 is 40.2 Å². The molecule has 1 N–H and O–H groups in total. The van der Waals surface area contributed by atoms with E-state index in [1.807, 2.05) is 0 Å². The van der Waals surface area contributed by atoms with Gasteiger partial charge in [-0.05, 0) is 68.8 Å². The second-order valence-electron chi connectivity index (χ2n) is 8.91. The predicted molar refractivity (Wildman–Crippen MR) is 147 cm³/mol. The van der Waals surface area contributed by atoms with Crippen LogP contribution in [0.1, 0.15) is 26.3 Å². The molecule has 3 aromatic rings. The first-order chi connectivity index (χ1) is 17.9. The third kappa shape index (κ3) is 7.24. The van der Waals surface area contributed by atoms with Gasteiger partial charge in [0, 0.05) is 17.6 Å². The molecule has 202 valence electrons. The lowest BCUT2D eigenvalue weighted by Gasteiger charge is -2.32. The Kier molecular flexibility index (Phi) is 9.76. The summed E-state index contributed by atoms with van der Waals surface area (Å²) in [5, 5.41) is 3.05. The van der Waals surface area contributed by atoms with Crippen molar-refractivity contribution >= 4 is 50.7 Å². The van der Waals surface area contributed by atoms with Gasteiger partial charge in [-0.1, -0.05) is 53.5 Å². The number of nitrogens with zero attached hydrogens (tertiary/aromatic N) is 2. The summed E-state index contributed by atoms with van der Waals surface area (Å²) in [6, 6.07) is 16.2. The fourth-order valence-electron chi connectivity index (χ4n) is 3.68. The van der Waals surface area contributed by atoms with Gasteiger partial charge in [0.1, 0.15) is 18.4 Å². The van der Waals surface area contributed by atoms with Crippen LogP contribution in [0, 0.1) is 5.82 Å². The van der Waals surface area contributed by atoms with Crippen molar-refractivity contribution in [2.24, 2.45) is 0 Å². The Morgan fingerprint density at radius 3 is 2.18 bits per heavy atom. The van der Waals surface area contributed by atoms with Crippen molar-refractivity contribution in [2.75, 3.05) is 10.8 Å². The maximum atomic E-state index is 13.8. The summed E-state index contributed by atoms with van der Waals surface area (Å²) in [6.07, 6.45) is 0. The number of amides is 2. The van der Waals surface area contributed by atoms with E-state index in [-0.39, 0.29) is 33.2 Å². The molecule has 1 atom stereocenters. The van der Waals surface area contributed by atoms with Crippen LogP contribution in [-0.4, -0.2) is 43.8 Å². The van der Waals surface area contributed by atoms with E-state index in [9.17, 15) is 22.4 Å². The number of hydrogen-bond acceptors (Lipinski definition) is 4. The molecule has 0 aliphatic heterocycles. The van der Waals surface area contributed by atoms with Gasteiger partial charge >= 0.3 is 0 Å². The fraction of sp³-hybridized carbons (Fsp3) is 0.259. The number of hydrogen-bond donors (Lipinski definition) is 1. The van der Waals surface area contributed by atoms with Crippen LogP contribution in [0.15, 0.2) is 77.7 Å². The van der Waals surface area contributed by atoms with E-state index in [0.29, 0.717) is 5.56 Å². The molecule has 7 nitrogen and oxygen atoms in total. The SMILES string of the molecule is CC(C)NC(=O)[C@H](C)N(Cc1ccc(F)cc1)C(=O)CN(c1cc(Cl)ccc1Cl)S(=O)(=O)c1ccccc1. The number of anilines is 1. The minimum Gasteiger partial charge on any atom is -0.352 e. The molecule has 0 aliphatic carbocycles.